The van der Waals surface area contributed by atoms with E-state index >= 15 is 0 Å². The molecule has 4 rings (SSSR count). The summed E-state index contributed by atoms with van der Waals surface area (Å²) in [5.41, 5.74) is 5.87. The molecule has 1 aromatic rings. The van der Waals surface area contributed by atoms with Crippen LogP contribution in [0.1, 0.15) is 48.4 Å². The minimum Gasteiger partial charge on any atom is -0.393 e. The van der Waals surface area contributed by atoms with Gasteiger partial charge in [-0.1, -0.05) is 19.1 Å². The van der Waals surface area contributed by atoms with E-state index in [2.05, 4.69) is 42.7 Å². The normalized spacial score (nSPS) is 31.1. The summed E-state index contributed by atoms with van der Waals surface area (Å²) in [5, 5.41) is 9.91. The van der Waals surface area contributed by atoms with E-state index in [9.17, 15) is 5.11 Å². The molecule has 1 N–H and O–H groups in total. The number of rotatable bonds is 4. The number of aryl methyl sites for hydroxylation is 2. The molecule has 3 heteroatoms. The van der Waals surface area contributed by atoms with Crippen molar-refractivity contribution in [1.82, 2.24) is 9.80 Å². The fraction of sp³-hybridized carbons (Fsp3) is 0.727. The lowest BCUT2D eigenvalue weighted by molar-refractivity contribution is -0.00435. The molecule has 0 spiro atoms. The van der Waals surface area contributed by atoms with Gasteiger partial charge in [-0.15, -0.1) is 0 Å². The van der Waals surface area contributed by atoms with Crippen molar-refractivity contribution in [2.45, 2.75) is 59.2 Å². The predicted octanol–water partition coefficient (Wildman–Crippen LogP) is 3.35. The highest BCUT2D eigenvalue weighted by Crippen LogP contribution is 2.41. The van der Waals surface area contributed by atoms with Crippen LogP contribution in [0.5, 0.6) is 0 Å². The molecule has 1 aromatic carbocycles. The van der Waals surface area contributed by atoms with Gasteiger partial charge in [-0.25, -0.2) is 0 Å². The Labute approximate surface area is 153 Å². The fourth-order valence-corrected chi connectivity index (χ4v) is 5.08. The molecule has 3 nitrogen and oxygen atoms in total. The van der Waals surface area contributed by atoms with E-state index in [0.717, 1.165) is 37.9 Å². The van der Waals surface area contributed by atoms with Crippen LogP contribution in [-0.4, -0.2) is 47.2 Å². The summed E-state index contributed by atoms with van der Waals surface area (Å²) in [6.07, 6.45) is 3.67. The average molecular weight is 343 g/mol. The second kappa shape index (κ2) is 7.02. The van der Waals surface area contributed by atoms with E-state index in [-0.39, 0.29) is 6.10 Å². The first-order valence-corrected chi connectivity index (χ1v) is 10.2. The number of likely N-dealkylation sites (tertiary alicyclic amines) is 2. The maximum Gasteiger partial charge on any atom is 0.0587 e. The quantitative estimate of drug-likeness (QED) is 0.909. The van der Waals surface area contributed by atoms with Crippen LogP contribution >= 0.6 is 0 Å². The molecule has 3 aliphatic rings. The largest absolute Gasteiger partial charge is 0.393 e. The van der Waals surface area contributed by atoms with Crippen molar-refractivity contribution in [3.8, 4) is 0 Å². The molecule has 3 atom stereocenters. The number of piperidine rings is 1. The Morgan fingerprint density at radius 2 is 1.60 bits per heavy atom. The molecule has 0 bridgehead atoms. The Balaban J connectivity index is 1.43. The molecule has 0 radical (unpaired) electrons. The summed E-state index contributed by atoms with van der Waals surface area (Å²) < 4.78 is 0. The highest BCUT2D eigenvalue weighted by molar-refractivity contribution is 5.37. The summed E-state index contributed by atoms with van der Waals surface area (Å²) in [6, 6.07) is 4.86. The first kappa shape index (κ1) is 17.5. The molecule has 25 heavy (non-hydrogen) atoms. The van der Waals surface area contributed by atoms with Gasteiger partial charge in [0.05, 0.1) is 6.10 Å². The van der Waals surface area contributed by atoms with Crippen molar-refractivity contribution >= 4 is 0 Å². The number of hydrogen-bond donors (Lipinski definition) is 1. The Kier molecular flexibility index (Phi) is 4.91. The van der Waals surface area contributed by atoms with Crippen LogP contribution in [0.15, 0.2) is 12.1 Å². The molecular formula is C22H34N2O. The Bertz CT molecular complexity index is 621. The monoisotopic (exact) mass is 342 g/mol. The van der Waals surface area contributed by atoms with Gasteiger partial charge in [-0.2, -0.15) is 0 Å². The van der Waals surface area contributed by atoms with Crippen LogP contribution in [-0.2, 0) is 13.1 Å². The molecule has 0 amide bonds. The van der Waals surface area contributed by atoms with E-state index in [1.807, 2.05) is 0 Å². The highest BCUT2D eigenvalue weighted by atomic mass is 16.3. The lowest BCUT2D eigenvalue weighted by Crippen LogP contribution is -2.39. The maximum atomic E-state index is 9.91. The number of hydrogen-bond acceptors (Lipinski definition) is 3. The van der Waals surface area contributed by atoms with E-state index in [1.54, 1.807) is 0 Å². The number of fused-ring (bicyclic) bond motifs is 1. The van der Waals surface area contributed by atoms with E-state index in [1.165, 1.54) is 54.7 Å². The topological polar surface area (TPSA) is 26.7 Å². The van der Waals surface area contributed by atoms with Gasteiger partial charge < -0.3 is 5.11 Å². The van der Waals surface area contributed by atoms with Crippen LogP contribution < -0.4 is 0 Å². The third kappa shape index (κ3) is 3.65. The van der Waals surface area contributed by atoms with Crippen LogP contribution in [0.2, 0.25) is 0 Å². The average Bonchev–Trinajstić information content (AvgIpc) is 2.90. The molecule has 0 aromatic heterocycles. The zero-order chi connectivity index (χ0) is 17.6. The van der Waals surface area contributed by atoms with Gasteiger partial charge in [0.1, 0.15) is 0 Å². The molecule has 1 saturated carbocycles. The van der Waals surface area contributed by atoms with Crippen molar-refractivity contribution in [2.75, 3.05) is 26.2 Å². The summed E-state index contributed by atoms with van der Waals surface area (Å²) >= 11 is 0. The minimum atomic E-state index is -0.0360. The van der Waals surface area contributed by atoms with Gasteiger partial charge in [0.2, 0.25) is 0 Å². The standard InChI is InChI=1S/C22H34N2O/c1-15-4-6-23(7-5-15)11-18-9-19(17(3)8-16(18)2)12-24-13-20-10-22(25)21(20)14-24/h8-9,15,20-22,25H,4-7,10-14H2,1-3H3/t20-,21+,22-/m1/s1. The van der Waals surface area contributed by atoms with Gasteiger partial charge in [-0.05, 0) is 80.3 Å². The van der Waals surface area contributed by atoms with Gasteiger partial charge in [0.15, 0.2) is 0 Å². The highest BCUT2D eigenvalue weighted by Gasteiger charge is 2.45. The van der Waals surface area contributed by atoms with Gasteiger partial charge in [0.25, 0.3) is 0 Å². The second-order valence-corrected chi connectivity index (χ2v) is 9.08. The molecule has 2 aliphatic heterocycles. The van der Waals surface area contributed by atoms with E-state index in [4.69, 9.17) is 0 Å². The summed E-state index contributed by atoms with van der Waals surface area (Å²) in [6.45, 7) is 13.8. The zero-order valence-corrected chi connectivity index (χ0v) is 16.2. The van der Waals surface area contributed by atoms with Crippen LogP contribution in [0, 0.1) is 31.6 Å². The van der Waals surface area contributed by atoms with E-state index < -0.39 is 0 Å². The Morgan fingerprint density at radius 1 is 0.960 bits per heavy atom. The molecule has 2 heterocycles. The Hall–Kier alpha value is -0.900. The third-order valence-corrected chi connectivity index (χ3v) is 7.06. The SMILES string of the molecule is Cc1cc(C)c(CN2C[C@H]3C[C@@H](O)[C@H]3C2)cc1CN1CCC(C)CC1. The van der Waals surface area contributed by atoms with Gasteiger partial charge in [-0.3, -0.25) is 9.80 Å². The van der Waals surface area contributed by atoms with Crippen molar-refractivity contribution in [3.63, 3.8) is 0 Å². The summed E-state index contributed by atoms with van der Waals surface area (Å²) in [4.78, 5) is 5.20. The number of aliphatic hydroxyl groups is 1. The van der Waals surface area contributed by atoms with Crippen LogP contribution in [0.25, 0.3) is 0 Å². The number of nitrogens with zero attached hydrogens (tertiary/aromatic N) is 2. The zero-order valence-electron chi connectivity index (χ0n) is 16.2. The van der Waals surface area contributed by atoms with Gasteiger partial charge in [0, 0.05) is 32.1 Å². The number of benzene rings is 1. The molecular weight excluding hydrogens is 308 g/mol. The molecule has 138 valence electrons. The first-order valence-electron chi connectivity index (χ1n) is 10.2. The molecule has 0 unspecified atom stereocenters. The summed E-state index contributed by atoms with van der Waals surface area (Å²) in [5.74, 6) is 2.18. The van der Waals surface area contributed by atoms with Crippen molar-refractivity contribution in [3.05, 3.63) is 34.4 Å². The summed E-state index contributed by atoms with van der Waals surface area (Å²) in [7, 11) is 0. The van der Waals surface area contributed by atoms with Crippen LogP contribution in [0.4, 0.5) is 0 Å². The lowest BCUT2D eigenvalue weighted by Gasteiger charge is -2.35. The van der Waals surface area contributed by atoms with E-state index in [0.29, 0.717) is 5.92 Å². The molecule has 3 fully saturated rings. The smallest absolute Gasteiger partial charge is 0.0587 e. The van der Waals surface area contributed by atoms with Crippen molar-refractivity contribution < 1.29 is 5.11 Å². The maximum absolute atomic E-state index is 9.91. The minimum absolute atomic E-state index is 0.0360. The first-order chi connectivity index (χ1) is 12.0. The fourth-order valence-electron chi connectivity index (χ4n) is 5.08. The predicted molar refractivity (Wildman–Crippen MR) is 102 cm³/mol. The lowest BCUT2D eigenvalue weighted by atomic mass is 9.74. The third-order valence-electron chi connectivity index (χ3n) is 7.06. The molecule has 2 saturated heterocycles. The van der Waals surface area contributed by atoms with Crippen LogP contribution in [0.3, 0.4) is 0 Å². The number of aliphatic hydroxyl groups excluding tert-OH is 1. The van der Waals surface area contributed by atoms with Crippen molar-refractivity contribution in [2.24, 2.45) is 17.8 Å². The Morgan fingerprint density at radius 3 is 2.20 bits per heavy atom. The molecule has 1 aliphatic carbocycles. The second-order valence-electron chi connectivity index (χ2n) is 9.08. The van der Waals surface area contributed by atoms with Gasteiger partial charge >= 0.3 is 0 Å². The van der Waals surface area contributed by atoms with Crippen molar-refractivity contribution in [1.29, 1.82) is 0 Å².